The molecule has 0 saturated heterocycles. The summed E-state index contributed by atoms with van der Waals surface area (Å²) in [5.41, 5.74) is 5.90. The second-order valence-corrected chi connectivity index (χ2v) is 7.28. The van der Waals surface area contributed by atoms with Gasteiger partial charge in [0.2, 0.25) is 0 Å². The number of thiocarbonyl (C=S) groups is 1. The highest BCUT2D eigenvalue weighted by atomic mass is 32.2. The standard InChI is InChI=1S/C9H11N5O2S3/c1-5-11-4-7(18-5)19(15,16)13-9-6(8(10)17)3-12-14(9)2/h3-4,13H,1-2H3,(H2,10,17). The van der Waals surface area contributed by atoms with Crippen LogP contribution in [0.5, 0.6) is 0 Å². The van der Waals surface area contributed by atoms with Gasteiger partial charge in [-0.05, 0) is 6.92 Å². The lowest BCUT2D eigenvalue weighted by Crippen LogP contribution is -2.18. The predicted molar refractivity (Wildman–Crippen MR) is 76.8 cm³/mol. The summed E-state index contributed by atoms with van der Waals surface area (Å²) in [6.45, 7) is 1.73. The highest BCUT2D eigenvalue weighted by Gasteiger charge is 2.21. The van der Waals surface area contributed by atoms with Crippen molar-refractivity contribution in [1.82, 2.24) is 14.8 Å². The second kappa shape index (κ2) is 4.87. The number of nitrogens with two attached hydrogens (primary N) is 1. The first-order valence-corrected chi connectivity index (χ1v) is 7.79. The van der Waals surface area contributed by atoms with Crippen LogP contribution in [0.15, 0.2) is 16.6 Å². The van der Waals surface area contributed by atoms with Crippen LogP contribution in [0.4, 0.5) is 5.82 Å². The summed E-state index contributed by atoms with van der Waals surface area (Å²) >= 11 is 5.93. The molecule has 0 spiro atoms. The van der Waals surface area contributed by atoms with E-state index in [1.54, 1.807) is 14.0 Å². The molecule has 0 saturated carbocycles. The first kappa shape index (κ1) is 13.9. The molecule has 0 aliphatic heterocycles. The molecule has 0 unspecified atom stereocenters. The van der Waals surface area contributed by atoms with E-state index in [9.17, 15) is 8.42 Å². The summed E-state index contributed by atoms with van der Waals surface area (Å²) in [6, 6.07) is 0. The van der Waals surface area contributed by atoms with Gasteiger partial charge in [0, 0.05) is 7.05 Å². The Balaban J connectivity index is 2.41. The Labute approximate surface area is 119 Å². The van der Waals surface area contributed by atoms with E-state index in [1.165, 1.54) is 17.1 Å². The van der Waals surface area contributed by atoms with Crippen molar-refractivity contribution in [3.63, 3.8) is 0 Å². The summed E-state index contributed by atoms with van der Waals surface area (Å²) < 4.78 is 28.3. The number of rotatable bonds is 4. The third-order valence-corrected chi connectivity index (χ3v) is 5.23. The third kappa shape index (κ3) is 2.74. The fraction of sp³-hybridized carbons (Fsp3) is 0.222. The van der Waals surface area contributed by atoms with Gasteiger partial charge in [0.05, 0.1) is 23.0 Å². The zero-order valence-corrected chi connectivity index (χ0v) is 12.6. The summed E-state index contributed by atoms with van der Waals surface area (Å²) in [5.74, 6) is 0.235. The van der Waals surface area contributed by atoms with Crippen LogP contribution in [0.2, 0.25) is 0 Å². The average molecular weight is 317 g/mol. The highest BCUT2D eigenvalue weighted by Crippen LogP contribution is 2.23. The van der Waals surface area contributed by atoms with Crippen LogP contribution in [-0.2, 0) is 17.1 Å². The predicted octanol–water partition coefficient (Wildman–Crippen LogP) is 0.620. The maximum Gasteiger partial charge on any atom is 0.274 e. The highest BCUT2D eigenvalue weighted by molar-refractivity contribution is 7.94. The maximum absolute atomic E-state index is 12.2. The smallest absolute Gasteiger partial charge is 0.274 e. The number of aryl methyl sites for hydroxylation is 2. The van der Waals surface area contributed by atoms with E-state index >= 15 is 0 Å². The zero-order valence-electron chi connectivity index (χ0n) is 10.1. The molecule has 0 aliphatic carbocycles. The molecule has 0 aromatic carbocycles. The summed E-state index contributed by atoms with van der Waals surface area (Å²) in [7, 11) is -2.12. The van der Waals surface area contributed by atoms with Gasteiger partial charge in [0.25, 0.3) is 10.0 Å². The molecule has 3 N–H and O–H groups in total. The number of hydrogen-bond donors (Lipinski definition) is 2. The molecule has 0 aliphatic rings. The van der Waals surface area contributed by atoms with E-state index in [1.807, 2.05) is 0 Å². The lowest BCUT2D eigenvalue weighted by atomic mass is 10.3. The van der Waals surface area contributed by atoms with Crippen LogP contribution in [0.1, 0.15) is 10.6 Å². The molecule has 0 atom stereocenters. The van der Waals surface area contributed by atoms with Gasteiger partial charge < -0.3 is 5.73 Å². The van der Waals surface area contributed by atoms with E-state index in [2.05, 4.69) is 14.8 Å². The minimum atomic E-state index is -3.71. The number of thiazole rings is 1. The Kier molecular flexibility index (Phi) is 3.56. The van der Waals surface area contributed by atoms with Crippen molar-refractivity contribution in [3.05, 3.63) is 23.0 Å². The minimum absolute atomic E-state index is 0.0753. The lowest BCUT2D eigenvalue weighted by Gasteiger charge is -2.08. The molecule has 0 fully saturated rings. The third-order valence-electron chi connectivity index (χ3n) is 2.30. The molecule has 10 heteroatoms. The molecule has 2 aromatic rings. The van der Waals surface area contributed by atoms with Crippen molar-refractivity contribution < 1.29 is 8.42 Å². The normalized spacial score (nSPS) is 11.5. The van der Waals surface area contributed by atoms with E-state index in [-0.39, 0.29) is 15.0 Å². The molecular formula is C9H11N5O2S3. The molecule has 19 heavy (non-hydrogen) atoms. The molecule has 2 heterocycles. The number of aromatic nitrogens is 3. The summed E-state index contributed by atoms with van der Waals surface area (Å²) in [4.78, 5) is 3.99. The fourth-order valence-electron chi connectivity index (χ4n) is 1.38. The van der Waals surface area contributed by atoms with Gasteiger partial charge in [0.15, 0.2) is 4.21 Å². The van der Waals surface area contributed by atoms with Crippen LogP contribution < -0.4 is 10.5 Å². The van der Waals surface area contributed by atoms with Gasteiger partial charge in [-0.1, -0.05) is 12.2 Å². The fourth-order valence-corrected chi connectivity index (χ4v) is 3.75. The molecule has 7 nitrogen and oxygen atoms in total. The van der Waals surface area contributed by atoms with Crippen LogP contribution >= 0.6 is 23.6 Å². The van der Waals surface area contributed by atoms with Gasteiger partial charge in [-0.25, -0.2) is 13.4 Å². The number of anilines is 1. The number of sulfonamides is 1. The van der Waals surface area contributed by atoms with Crippen molar-refractivity contribution >= 4 is 44.4 Å². The first-order valence-electron chi connectivity index (χ1n) is 5.08. The Morgan fingerprint density at radius 2 is 2.21 bits per heavy atom. The zero-order chi connectivity index (χ0) is 14.2. The van der Waals surface area contributed by atoms with E-state index in [0.717, 1.165) is 11.3 Å². The van der Waals surface area contributed by atoms with Gasteiger partial charge in [-0.15, -0.1) is 11.3 Å². The number of nitrogens with one attached hydrogen (secondary N) is 1. The number of hydrogen-bond acceptors (Lipinski definition) is 6. The quantitative estimate of drug-likeness (QED) is 0.801. The van der Waals surface area contributed by atoms with Crippen molar-refractivity contribution in [2.45, 2.75) is 11.1 Å². The Morgan fingerprint density at radius 3 is 2.74 bits per heavy atom. The molecule has 2 rings (SSSR count). The minimum Gasteiger partial charge on any atom is -0.389 e. The molecule has 0 bridgehead atoms. The van der Waals surface area contributed by atoms with Gasteiger partial charge in [-0.2, -0.15) is 5.10 Å². The molecule has 2 aromatic heterocycles. The molecule has 102 valence electrons. The van der Waals surface area contributed by atoms with Gasteiger partial charge >= 0.3 is 0 Å². The van der Waals surface area contributed by atoms with Crippen molar-refractivity contribution in [3.8, 4) is 0 Å². The van der Waals surface area contributed by atoms with E-state index in [4.69, 9.17) is 18.0 Å². The summed E-state index contributed by atoms with van der Waals surface area (Å²) in [5, 5.41) is 4.60. The molecular weight excluding hydrogens is 306 g/mol. The monoisotopic (exact) mass is 317 g/mol. The van der Waals surface area contributed by atoms with Crippen LogP contribution in [0.3, 0.4) is 0 Å². The van der Waals surface area contributed by atoms with E-state index in [0.29, 0.717) is 10.6 Å². The van der Waals surface area contributed by atoms with Crippen LogP contribution in [0, 0.1) is 6.92 Å². The Bertz CT molecular complexity index is 731. The topological polar surface area (TPSA) is 103 Å². The average Bonchev–Trinajstić information content (AvgIpc) is 2.87. The lowest BCUT2D eigenvalue weighted by molar-refractivity contribution is 0.602. The Hall–Kier alpha value is -1.52. The van der Waals surface area contributed by atoms with Crippen molar-refractivity contribution in [2.24, 2.45) is 12.8 Å². The second-order valence-electron chi connectivity index (χ2n) is 3.70. The van der Waals surface area contributed by atoms with Gasteiger partial charge in [0.1, 0.15) is 10.8 Å². The first-order chi connectivity index (χ1) is 8.81. The largest absolute Gasteiger partial charge is 0.389 e. The Morgan fingerprint density at radius 1 is 1.53 bits per heavy atom. The van der Waals surface area contributed by atoms with E-state index < -0.39 is 10.0 Å². The molecule has 0 radical (unpaired) electrons. The van der Waals surface area contributed by atoms with Crippen molar-refractivity contribution in [2.75, 3.05) is 4.72 Å². The SMILES string of the molecule is Cc1ncc(S(=O)(=O)Nc2c(C(N)=S)cnn2C)s1. The number of nitrogens with zero attached hydrogens (tertiary/aromatic N) is 3. The van der Waals surface area contributed by atoms with Crippen LogP contribution in [0.25, 0.3) is 0 Å². The summed E-state index contributed by atoms with van der Waals surface area (Å²) in [6.07, 6.45) is 2.72. The molecule has 0 amide bonds. The van der Waals surface area contributed by atoms with Gasteiger partial charge in [-0.3, -0.25) is 9.40 Å². The van der Waals surface area contributed by atoms with Crippen molar-refractivity contribution in [1.29, 1.82) is 0 Å². The van der Waals surface area contributed by atoms with Crippen LogP contribution in [-0.4, -0.2) is 28.2 Å². The maximum atomic E-state index is 12.2.